The molecule has 1 rings (SSSR count). The highest BCUT2D eigenvalue weighted by Gasteiger charge is 2.15. The van der Waals surface area contributed by atoms with Gasteiger partial charge in [0, 0.05) is 13.1 Å². The molecule has 0 saturated carbocycles. The van der Waals surface area contributed by atoms with Gasteiger partial charge in [0.15, 0.2) is 5.13 Å². The van der Waals surface area contributed by atoms with Gasteiger partial charge in [-0.25, -0.2) is 4.98 Å². The second-order valence-electron chi connectivity index (χ2n) is 3.90. The molecule has 0 aliphatic carbocycles. The summed E-state index contributed by atoms with van der Waals surface area (Å²) in [6, 6.07) is 0.490. The number of thiazole rings is 1. The first-order chi connectivity index (χ1) is 7.60. The van der Waals surface area contributed by atoms with E-state index in [0.717, 1.165) is 22.1 Å². The van der Waals surface area contributed by atoms with E-state index < -0.39 is 0 Å². The summed E-state index contributed by atoms with van der Waals surface area (Å²) in [6.45, 7) is 4.26. The second-order valence-corrected chi connectivity index (χ2v) is 5.95. The van der Waals surface area contributed by atoms with Crippen molar-refractivity contribution < 1.29 is 5.11 Å². The summed E-state index contributed by atoms with van der Waals surface area (Å²) in [5.74, 6) is 1.17. The lowest BCUT2D eigenvalue weighted by Gasteiger charge is -2.23. The maximum atomic E-state index is 9.14. The van der Waals surface area contributed by atoms with Gasteiger partial charge in [0.05, 0.1) is 17.2 Å². The molecular weight excluding hydrogens is 240 g/mol. The Kier molecular flexibility index (Phi) is 5.58. The second kappa shape index (κ2) is 6.47. The Hall–Kier alpha value is -0.260. The maximum absolute atomic E-state index is 9.14. The largest absolute Gasteiger partial charge is 0.391 e. The maximum Gasteiger partial charge on any atom is 0.185 e. The third-order valence-electron chi connectivity index (χ3n) is 2.73. The molecule has 0 fully saturated rings. The average molecular weight is 260 g/mol. The van der Waals surface area contributed by atoms with Gasteiger partial charge in [-0.2, -0.15) is 11.8 Å². The van der Waals surface area contributed by atoms with Crippen molar-refractivity contribution in [3.8, 4) is 0 Å². The molecule has 3 nitrogen and oxygen atoms in total. The molecule has 0 bridgehead atoms. The van der Waals surface area contributed by atoms with Gasteiger partial charge in [0.1, 0.15) is 0 Å². The van der Waals surface area contributed by atoms with Gasteiger partial charge in [0.25, 0.3) is 0 Å². The topological polar surface area (TPSA) is 36.4 Å². The normalized spacial score (nSPS) is 12.8. The van der Waals surface area contributed by atoms with Crippen LogP contribution in [0, 0.1) is 6.92 Å². The SMILES string of the molecule is CSCCC(C)N(C)c1nc(C)c(CO)s1. The molecule has 0 aliphatic heterocycles. The predicted octanol–water partition coefficient (Wildman–Crippen LogP) is 2.52. The van der Waals surface area contributed by atoms with Crippen molar-refractivity contribution in [1.29, 1.82) is 0 Å². The number of aliphatic hydroxyl groups is 1. The Balaban J connectivity index is 2.67. The summed E-state index contributed by atoms with van der Waals surface area (Å²) in [5, 5.41) is 10.2. The fourth-order valence-corrected chi connectivity index (χ4v) is 2.94. The van der Waals surface area contributed by atoms with E-state index in [1.54, 1.807) is 11.3 Å². The first-order valence-corrected chi connectivity index (χ1v) is 7.60. The Morgan fingerprint density at radius 2 is 2.25 bits per heavy atom. The Morgan fingerprint density at radius 1 is 1.56 bits per heavy atom. The molecule has 0 saturated heterocycles. The molecule has 0 aliphatic rings. The van der Waals surface area contributed by atoms with E-state index in [0.29, 0.717) is 6.04 Å². The number of aliphatic hydroxyl groups excluding tert-OH is 1. The number of nitrogens with zero attached hydrogens (tertiary/aromatic N) is 2. The van der Waals surface area contributed by atoms with Crippen molar-refractivity contribution in [3.05, 3.63) is 10.6 Å². The molecule has 5 heteroatoms. The van der Waals surface area contributed by atoms with Gasteiger partial charge >= 0.3 is 0 Å². The molecule has 92 valence electrons. The molecule has 1 N–H and O–H groups in total. The summed E-state index contributed by atoms with van der Waals surface area (Å²) in [5.41, 5.74) is 0.950. The molecule has 1 aromatic heterocycles. The lowest BCUT2D eigenvalue weighted by molar-refractivity contribution is 0.284. The van der Waals surface area contributed by atoms with E-state index in [2.05, 4.69) is 30.1 Å². The van der Waals surface area contributed by atoms with Crippen LogP contribution in [0.5, 0.6) is 0 Å². The summed E-state index contributed by atoms with van der Waals surface area (Å²) in [6.07, 6.45) is 3.29. The van der Waals surface area contributed by atoms with Crippen LogP contribution in [-0.2, 0) is 6.61 Å². The fraction of sp³-hybridized carbons (Fsp3) is 0.727. The smallest absolute Gasteiger partial charge is 0.185 e. The van der Waals surface area contributed by atoms with Crippen LogP contribution < -0.4 is 4.90 Å². The van der Waals surface area contributed by atoms with Crippen LogP contribution in [0.2, 0.25) is 0 Å². The van der Waals surface area contributed by atoms with E-state index in [1.807, 2.05) is 18.7 Å². The van der Waals surface area contributed by atoms with Crippen LogP contribution in [0.4, 0.5) is 5.13 Å². The number of thioether (sulfide) groups is 1. The lowest BCUT2D eigenvalue weighted by atomic mass is 10.2. The lowest BCUT2D eigenvalue weighted by Crippen LogP contribution is -2.29. The molecular formula is C11H20N2OS2. The first-order valence-electron chi connectivity index (χ1n) is 5.39. The number of hydrogen-bond acceptors (Lipinski definition) is 5. The zero-order chi connectivity index (χ0) is 12.1. The highest BCUT2D eigenvalue weighted by atomic mass is 32.2. The van der Waals surface area contributed by atoms with Gasteiger partial charge in [-0.15, -0.1) is 0 Å². The average Bonchev–Trinajstić information content (AvgIpc) is 2.66. The van der Waals surface area contributed by atoms with Gasteiger partial charge in [0.2, 0.25) is 0 Å². The summed E-state index contributed by atoms with van der Waals surface area (Å²) in [4.78, 5) is 7.66. The van der Waals surface area contributed by atoms with E-state index >= 15 is 0 Å². The standard InChI is InChI=1S/C11H20N2OS2/c1-8(5-6-15-4)13(3)11-12-9(2)10(7-14)16-11/h8,14H,5-7H2,1-4H3. The van der Waals surface area contributed by atoms with Crippen molar-refractivity contribution in [2.24, 2.45) is 0 Å². The zero-order valence-corrected chi connectivity index (χ0v) is 12.0. The molecule has 1 aromatic rings. The molecule has 1 unspecified atom stereocenters. The number of rotatable bonds is 6. The zero-order valence-electron chi connectivity index (χ0n) is 10.4. The minimum Gasteiger partial charge on any atom is -0.391 e. The van der Waals surface area contributed by atoms with E-state index in [4.69, 9.17) is 5.11 Å². The van der Waals surface area contributed by atoms with Crippen LogP contribution in [-0.4, -0.2) is 35.2 Å². The van der Waals surface area contributed by atoms with Crippen LogP contribution in [0.3, 0.4) is 0 Å². The minimum atomic E-state index is 0.0938. The van der Waals surface area contributed by atoms with Gasteiger partial charge in [-0.05, 0) is 32.3 Å². The third kappa shape index (κ3) is 3.37. The summed E-state index contributed by atoms with van der Waals surface area (Å²) in [7, 11) is 2.07. The predicted molar refractivity (Wildman–Crippen MR) is 73.6 cm³/mol. The molecule has 0 spiro atoms. The van der Waals surface area contributed by atoms with Crippen LogP contribution in [0.15, 0.2) is 0 Å². The molecule has 0 amide bonds. The number of anilines is 1. The number of aryl methyl sites for hydroxylation is 1. The Morgan fingerprint density at radius 3 is 2.75 bits per heavy atom. The molecule has 1 heterocycles. The first kappa shape index (κ1) is 13.8. The minimum absolute atomic E-state index is 0.0938. The summed E-state index contributed by atoms with van der Waals surface area (Å²) < 4.78 is 0. The summed E-state index contributed by atoms with van der Waals surface area (Å²) >= 11 is 3.46. The van der Waals surface area contributed by atoms with Crippen molar-refractivity contribution in [2.75, 3.05) is 24.0 Å². The van der Waals surface area contributed by atoms with Crippen molar-refractivity contribution in [3.63, 3.8) is 0 Å². The monoisotopic (exact) mass is 260 g/mol. The van der Waals surface area contributed by atoms with Crippen LogP contribution in [0.1, 0.15) is 23.9 Å². The number of hydrogen-bond donors (Lipinski definition) is 1. The van der Waals surface area contributed by atoms with Crippen molar-refractivity contribution in [1.82, 2.24) is 4.98 Å². The third-order valence-corrected chi connectivity index (χ3v) is 4.60. The van der Waals surface area contributed by atoms with Crippen molar-refractivity contribution in [2.45, 2.75) is 32.9 Å². The molecule has 0 aromatic carbocycles. The Bertz CT molecular complexity index is 328. The fourth-order valence-electron chi connectivity index (χ4n) is 1.38. The van der Waals surface area contributed by atoms with Gasteiger partial charge in [-0.3, -0.25) is 0 Å². The number of aromatic nitrogens is 1. The van der Waals surface area contributed by atoms with E-state index in [1.165, 1.54) is 5.75 Å². The molecule has 1 atom stereocenters. The molecule has 16 heavy (non-hydrogen) atoms. The van der Waals surface area contributed by atoms with Crippen LogP contribution >= 0.6 is 23.1 Å². The molecule has 0 radical (unpaired) electrons. The highest BCUT2D eigenvalue weighted by Crippen LogP contribution is 2.27. The van der Waals surface area contributed by atoms with Gasteiger partial charge < -0.3 is 10.0 Å². The van der Waals surface area contributed by atoms with E-state index in [-0.39, 0.29) is 6.61 Å². The van der Waals surface area contributed by atoms with Crippen molar-refractivity contribution >= 4 is 28.2 Å². The Labute approximate surface area is 106 Å². The van der Waals surface area contributed by atoms with Crippen LogP contribution in [0.25, 0.3) is 0 Å². The highest BCUT2D eigenvalue weighted by molar-refractivity contribution is 7.98. The van der Waals surface area contributed by atoms with E-state index in [9.17, 15) is 0 Å². The quantitative estimate of drug-likeness (QED) is 0.852. The van der Waals surface area contributed by atoms with Gasteiger partial charge in [-0.1, -0.05) is 11.3 Å².